The Labute approximate surface area is 166 Å². The molecular formula is C16H21F3IN5O. The van der Waals surface area contributed by atoms with E-state index in [1.807, 2.05) is 20.2 Å². The van der Waals surface area contributed by atoms with Crippen LogP contribution in [0.15, 0.2) is 41.7 Å². The summed E-state index contributed by atoms with van der Waals surface area (Å²) >= 11 is 0. The highest BCUT2D eigenvalue weighted by atomic mass is 127. The van der Waals surface area contributed by atoms with Crippen LogP contribution in [-0.2, 0) is 20.1 Å². The zero-order valence-corrected chi connectivity index (χ0v) is 16.7. The second kappa shape index (κ2) is 10.2. The third-order valence-electron chi connectivity index (χ3n) is 3.17. The summed E-state index contributed by atoms with van der Waals surface area (Å²) < 4.78 is 43.1. The maximum atomic E-state index is 12.5. The fraction of sp³-hybridized carbons (Fsp3) is 0.375. The Bertz CT molecular complexity index is 718. The smallest absolute Gasteiger partial charge is 0.405 e. The number of guanidine groups is 1. The molecule has 26 heavy (non-hydrogen) atoms. The first-order valence-corrected chi connectivity index (χ1v) is 7.70. The molecule has 0 radical (unpaired) electrons. The Kier molecular flexibility index (Phi) is 8.69. The van der Waals surface area contributed by atoms with Gasteiger partial charge in [-0.15, -0.1) is 37.1 Å². The molecule has 0 atom stereocenters. The molecule has 0 amide bonds. The van der Waals surface area contributed by atoms with Crippen LogP contribution in [0.2, 0.25) is 0 Å². The van der Waals surface area contributed by atoms with Crippen molar-refractivity contribution >= 4 is 29.9 Å². The second-order valence-electron chi connectivity index (χ2n) is 5.23. The van der Waals surface area contributed by atoms with Gasteiger partial charge in [-0.1, -0.05) is 18.2 Å². The van der Waals surface area contributed by atoms with Crippen molar-refractivity contribution in [2.24, 2.45) is 12.0 Å². The fourth-order valence-corrected chi connectivity index (χ4v) is 2.12. The Morgan fingerprint density at radius 2 is 2.00 bits per heavy atom. The predicted molar refractivity (Wildman–Crippen MR) is 103 cm³/mol. The summed E-state index contributed by atoms with van der Waals surface area (Å²) in [6.07, 6.45) is -1.17. The number of benzene rings is 1. The summed E-state index contributed by atoms with van der Waals surface area (Å²) in [7, 11) is 1.81. The average molecular weight is 483 g/mol. The summed E-state index contributed by atoms with van der Waals surface area (Å²) in [6.45, 7) is 3.08. The molecule has 0 saturated carbocycles. The number of aryl methyl sites for hydroxylation is 1. The van der Waals surface area contributed by atoms with Crippen LogP contribution in [0.4, 0.5) is 13.2 Å². The molecule has 1 aromatic heterocycles. The number of rotatable bonds is 6. The first-order chi connectivity index (χ1) is 11.9. The van der Waals surface area contributed by atoms with Crippen molar-refractivity contribution in [1.29, 1.82) is 0 Å². The number of para-hydroxylation sites is 1. The van der Waals surface area contributed by atoms with E-state index < -0.39 is 6.36 Å². The van der Waals surface area contributed by atoms with Gasteiger partial charge >= 0.3 is 6.36 Å². The zero-order valence-electron chi connectivity index (χ0n) is 14.4. The highest BCUT2D eigenvalue weighted by molar-refractivity contribution is 14.0. The maximum Gasteiger partial charge on any atom is 0.573 e. The van der Waals surface area contributed by atoms with E-state index in [1.165, 1.54) is 12.1 Å². The van der Waals surface area contributed by atoms with E-state index in [0.29, 0.717) is 24.6 Å². The number of nitrogens with one attached hydrogen (secondary N) is 2. The molecule has 0 aliphatic heterocycles. The fourth-order valence-electron chi connectivity index (χ4n) is 2.12. The molecule has 1 heterocycles. The Morgan fingerprint density at radius 1 is 1.27 bits per heavy atom. The van der Waals surface area contributed by atoms with E-state index in [9.17, 15) is 13.2 Å². The molecule has 0 fully saturated rings. The molecule has 0 saturated heterocycles. The minimum absolute atomic E-state index is 0. The number of hydrogen-bond acceptors (Lipinski definition) is 3. The topological polar surface area (TPSA) is 63.5 Å². The van der Waals surface area contributed by atoms with Crippen LogP contribution in [0.25, 0.3) is 0 Å². The highest BCUT2D eigenvalue weighted by Crippen LogP contribution is 2.26. The van der Waals surface area contributed by atoms with Gasteiger partial charge in [0.15, 0.2) is 5.96 Å². The molecule has 0 spiro atoms. The molecule has 6 nitrogen and oxygen atoms in total. The van der Waals surface area contributed by atoms with Gasteiger partial charge in [0.05, 0.1) is 12.7 Å². The lowest BCUT2D eigenvalue weighted by Gasteiger charge is -2.15. The number of aliphatic imine (C=N–C) groups is 1. The molecule has 0 aliphatic carbocycles. The zero-order chi connectivity index (χ0) is 18.3. The lowest BCUT2D eigenvalue weighted by Crippen LogP contribution is -2.37. The lowest BCUT2D eigenvalue weighted by atomic mass is 10.2. The van der Waals surface area contributed by atoms with Crippen LogP contribution in [0.1, 0.15) is 18.1 Å². The predicted octanol–water partition coefficient (Wildman–Crippen LogP) is 3.19. The van der Waals surface area contributed by atoms with Crippen LogP contribution in [-0.4, -0.2) is 28.6 Å². The molecule has 2 aromatic rings. The normalized spacial score (nSPS) is 11.7. The van der Waals surface area contributed by atoms with Crippen molar-refractivity contribution < 1.29 is 17.9 Å². The van der Waals surface area contributed by atoms with Crippen LogP contribution in [0.5, 0.6) is 5.75 Å². The Morgan fingerprint density at radius 3 is 2.62 bits per heavy atom. The van der Waals surface area contributed by atoms with Gasteiger partial charge in [0.2, 0.25) is 0 Å². The van der Waals surface area contributed by atoms with Gasteiger partial charge < -0.3 is 15.4 Å². The number of alkyl halides is 3. The standard InChI is InChI=1S/C16H20F3N5O.HI/c1-3-20-15(21-8-12-9-23-24(2)11-12)22-10-13-6-4-5-7-14(13)25-16(17,18)19;/h4-7,9,11H,3,8,10H2,1-2H3,(H2,20,21,22);1H. The van der Waals surface area contributed by atoms with Gasteiger partial charge in [0, 0.05) is 37.5 Å². The number of halogens is 4. The molecule has 10 heteroatoms. The number of ether oxygens (including phenoxy) is 1. The first kappa shape index (κ1) is 22.1. The van der Waals surface area contributed by atoms with E-state index in [4.69, 9.17) is 0 Å². The van der Waals surface area contributed by atoms with Crippen LogP contribution < -0.4 is 15.4 Å². The monoisotopic (exact) mass is 483 g/mol. The van der Waals surface area contributed by atoms with Crippen molar-refractivity contribution in [3.8, 4) is 5.75 Å². The van der Waals surface area contributed by atoms with E-state index >= 15 is 0 Å². The van der Waals surface area contributed by atoms with Gasteiger partial charge in [0.1, 0.15) is 5.75 Å². The summed E-state index contributed by atoms with van der Waals surface area (Å²) in [5.74, 6) is 0.263. The van der Waals surface area contributed by atoms with Crippen molar-refractivity contribution in [3.63, 3.8) is 0 Å². The molecule has 0 bridgehead atoms. The first-order valence-electron chi connectivity index (χ1n) is 7.70. The van der Waals surface area contributed by atoms with Crippen LogP contribution >= 0.6 is 24.0 Å². The van der Waals surface area contributed by atoms with E-state index in [0.717, 1.165) is 5.56 Å². The molecule has 1 aromatic carbocycles. The van der Waals surface area contributed by atoms with E-state index in [2.05, 4.69) is 25.5 Å². The van der Waals surface area contributed by atoms with E-state index in [-0.39, 0.29) is 36.3 Å². The summed E-state index contributed by atoms with van der Waals surface area (Å²) in [5, 5.41) is 10.1. The third-order valence-corrected chi connectivity index (χ3v) is 3.17. The van der Waals surface area contributed by atoms with Gasteiger partial charge in [-0.25, -0.2) is 4.99 Å². The minimum atomic E-state index is -4.73. The Hall–Kier alpha value is -1.98. The molecule has 2 rings (SSSR count). The minimum Gasteiger partial charge on any atom is -0.405 e. The quantitative estimate of drug-likeness (QED) is 0.377. The lowest BCUT2D eigenvalue weighted by molar-refractivity contribution is -0.274. The van der Waals surface area contributed by atoms with Crippen molar-refractivity contribution in [2.45, 2.75) is 26.4 Å². The van der Waals surface area contributed by atoms with Crippen LogP contribution in [0.3, 0.4) is 0 Å². The average Bonchev–Trinajstić information content (AvgIpc) is 2.95. The van der Waals surface area contributed by atoms with Crippen LogP contribution in [0, 0.1) is 0 Å². The van der Waals surface area contributed by atoms with Crippen molar-refractivity contribution in [1.82, 2.24) is 20.4 Å². The summed E-state index contributed by atoms with van der Waals surface area (Å²) in [4.78, 5) is 4.39. The highest BCUT2D eigenvalue weighted by Gasteiger charge is 2.31. The van der Waals surface area contributed by atoms with Gasteiger partial charge in [-0.2, -0.15) is 5.10 Å². The molecular weight excluding hydrogens is 462 g/mol. The van der Waals surface area contributed by atoms with Gasteiger partial charge in [-0.3, -0.25) is 4.68 Å². The molecule has 2 N–H and O–H groups in total. The number of hydrogen-bond donors (Lipinski definition) is 2. The number of aromatic nitrogens is 2. The Balaban J connectivity index is 0.00000338. The largest absolute Gasteiger partial charge is 0.573 e. The third kappa shape index (κ3) is 7.50. The molecule has 0 aliphatic rings. The van der Waals surface area contributed by atoms with Crippen molar-refractivity contribution in [2.75, 3.05) is 6.54 Å². The summed E-state index contributed by atoms with van der Waals surface area (Å²) in [5.41, 5.74) is 1.31. The second-order valence-corrected chi connectivity index (χ2v) is 5.23. The molecule has 0 unspecified atom stereocenters. The van der Waals surface area contributed by atoms with E-state index in [1.54, 1.807) is 23.0 Å². The maximum absolute atomic E-state index is 12.5. The number of nitrogens with zero attached hydrogens (tertiary/aromatic N) is 3. The van der Waals surface area contributed by atoms with Crippen molar-refractivity contribution in [3.05, 3.63) is 47.8 Å². The molecule has 144 valence electrons. The van der Waals surface area contributed by atoms with Gasteiger partial charge in [0.25, 0.3) is 0 Å². The van der Waals surface area contributed by atoms with Gasteiger partial charge in [-0.05, 0) is 13.0 Å². The SMILES string of the molecule is CCNC(=NCc1cnn(C)c1)NCc1ccccc1OC(F)(F)F.I. The summed E-state index contributed by atoms with van der Waals surface area (Å²) in [6, 6.07) is 6.00.